The highest BCUT2D eigenvalue weighted by Gasteiger charge is 1.99. The zero-order chi connectivity index (χ0) is 10.4. The molecule has 14 heavy (non-hydrogen) atoms. The van der Waals surface area contributed by atoms with E-state index in [0.29, 0.717) is 18.4 Å². The first kappa shape index (κ1) is 10.8. The summed E-state index contributed by atoms with van der Waals surface area (Å²) in [5.41, 5.74) is 0. The molecule has 0 saturated heterocycles. The Morgan fingerprint density at radius 1 is 1.43 bits per heavy atom. The Bertz CT molecular complexity index is 276. The predicted octanol–water partition coefficient (Wildman–Crippen LogP) is 1.94. The molecule has 0 radical (unpaired) electrons. The molecule has 0 bridgehead atoms. The molecule has 0 amide bonds. The van der Waals surface area contributed by atoms with Gasteiger partial charge in [-0.3, -0.25) is 0 Å². The maximum Gasteiger partial charge on any atom is 0.218 e. The quantitative estimate of drug-likeness (QED) is 0.780. The number of rotatable bonds is 5. The van der Waals surface area contributed by atoms with E-state index in [2.05, 4.69) is 29.1 Å². The molecule has 0 aromatic carbocycles. The number of hydrogen-bond donors (Lipinski definition) is 1. The molecular weight excluding hydrogens is 178 g/mol. The van der Waals surface area contributed by atoms with Crippen LogP contribution in [0.5, 0.6) is 5.88 Å². The lowest BCUT2D eigenvalue weighted by molar-refractivity contribution is 0.326. The van der Waals surface area contributed by atoms with Crippen molar-refractivity contribution in [2.75, 3.05) is 18.5 Å². The monoisotopic (exact) mass is 195 g/mol. The van der Waals surface area contributed by atoms with Crippen molar-refractivity contribution in [2.24, 2.45) is 5.92 Å². The SMILES string of the molecule is CCOc1cc(NCC(C)C)ncn1. The second kappa shape index (κ2) is 5.42. The van der Waals surface area contributed by atoms with Crippen molar-refractivity contribution in [3.63, 3.8) is 0 Å². The van der Waals surface area contributed by atoms with Gasteiger partial charge in [0, 0.05) is 12.6 Å². The summed E-state index contributed by atoms with van der Waals surface area (Å²) in [6, 6.07) is 1.81. The fourth-order valence-electron chi connectivity index (χ4n) is 0.972. The number of ether oxygens (including phenoxy) is 1. The van der Waals surface area contributed by atoms with E-state index in [1.807, 2.05) is 13.0 Å². The molecule has 0 saturated carbocycles. The highest BCUT2D eigenvalue weighted by atomic mass is 16.5. The average Bonchev–Trinajstić information content (AvgIpc) is 2.16. The summed E-state index contributed by atoms with van der Waals surface area (Å²) in [4.78, 5) is 8.07. The van der Waals surface area contributed by atoms with Gasteiger partial charge in [-0.25, -0.2) is 9.97 Å². The standard InChI is InChI=1S/C10H17N3O/c1-4-14-10-5-9(12-7-13-10)11-6-8(2)3/h5,7-8H,4,6H2,1-3H3,(H,11,12,13). The molecule has 4 nitrogen and oxygen atoms in total. The molecular formula is C10H17N3O. The second-order valence-corrected chi connectivity index (χ2v) is 3.45. The number of hydrogen-bond acceptors (Lipinski definition) is 4. The van der Waals surface area contributed by atoms with Crippen LogP contribution >= 0.6 is 0 Å². The van der Waals surface area contributed by atoms with Gasteiger partial charge in [-0.15, -0.1) is 0 Å². The minimum Gasteiger partial charge on any atom is -0.478 e. The summed E-state index contributed by atoms with van der Waals surface area (Å²) in [6.45, 7) is 7.77. The van der Waals surface area contributed by atoms with Gasteiger partial charge in [0.05, 0.1) is 6.61 Å². The van der Waals surface area contributed by atoms with Gasteiger partial charge in [0.2, 0.25) is 5.88 Å². The van der Waals surface area contributed by atoms with Crippen molar-refractivity contribution in [3.8, 4) is 5.88 Å². The largest absolute Gasteiger partial charge is 0.478 e. The molecule has 0 unspecified atom stereocenters. The van der Waals surface area contributed by atoms with Crippen LogP contribution in [0.25, 0.3) is 0 Å². The van der Waals surface area contributed by atoms with Gasteiger partial charge in [-0.2, -0.15) is 0 Å². The summed E-state index contributed by atoms with van der Waals surface area (Å²) in [6.07, 6.45) is 1.51. The molecule has 1 heterocycles. The lowest BCUT2D eigenvalue weighted by Crippen LogP contribution is -2.09. The van der Waals surface area contributed by atoms with Gasteiger partial charge in [0.15, 0.2) is 0 Å². The molecule has 1 N–H and O–H groups in total. The Morgan fingerprint density at radius 2 is 2.21 bits per heavy atom. The van der Waals surface area contributed by atoms with Crippen molar-refractivity contribution in [1.29, 1.82) is 0 Å². The van der Waals surface area contributed by atoms with Crippen LogP contribution in [0.15, 0.2) is 12.4 Å². The van der Waals surface area contributed by atoms with Crippen molar-refractivity contribution < 1.29 is 4.74 Å². The van der Waals surface area contributed by atoms with Crippen molar-refractivity contribution in [1.82, 2.24) is 9.97 Å². The maximum atomic E-state index is 5.26. The lowest BCUT2D eigenvalue weighted by Gasteiger charge is -2.08. The topological polar surface area (TPSA) is 47.0 Å². The molecule has 1 rings (SSSR count). The van der Waals surface area contributed by atoms with Gasteiger partial charge in [0.1, 0.15) is 12.1 Å². The van der Waals surface area contributed by atoms with Crippen LogP contribution in [-0.2, 0) is 0 Å². The third-order valence-corrected chi connectivity index (χ3v) is 1.63. The fourth-order valence-corrected chi connectivity index (χ4v) is 0.972. The van der Waals surface area contributed by atoms with Crippen LogP contribution in [0.4, 0.5) is 5.82 Å². The van der Waals surface area contributed by atoms with Crippen molar-refractivity contribution in [2.45, 2.75) is 20.8 Å². The zero-order valence-corrected chi connectivity index (χ0v) is 8.95. The third kappa shape index (κ3) is 3.60. The van der Waals surface area contributed by atoms with E-state index in [4.69, 9.17) is 4.74 Å². The van der Waals surface area contributed by atoms with E-state index >= 15 is 0 Å². The normalized spacial score (nSPS) is 10.3. The summed E-state index contributed by atoms with van der Waals surface area (Å²) < 4.78 is 5.26. The maximum absolute atomic E-state index is 5.26. The number of anilines is 1. The van der Waals surface area contributed by atoms with E-state index in [9.17, 15) is 0 Å². The highest BCUT2D eigenvalue weighted by Crippen LogP contribution is 2.10. The van der Waals surface area contributed by atoms with Crippen LogP contribution in [0.3, 0.4) is 0 Å². The Labute approximate surface area is 84.7 Å². The van der Waals surface area contributed by atoms with Gasteiger partial charge in [-0.05, 0) is 12.8 Å². The number of aromatic nitrogens is 2. The second-order valence-electron chi connectivity index (χ2n) is 3.45. The molecule has 1 aromatic rings. The van der Waals surface area contributed by atoms with E-state index in [-0.39, 0.29) is 0 Å². The van der Waals surface area contributed by atoms with Crippen LogP contribution in [0, 0.1) is 5.92 Å². The van der Waals surface area contributed by atoms with Crippen molar-refractivity contribution in [3.05, 3.63) is 12.4 Å². The van der Waals surface area contributed by atoms with Crippen LogP contribution in [0.1, 0.15) is 20.8 Å². The molecule has 0 aliphatic carbocycles. The first-order valence-corrected chi connectivity index (χ1v) is 4.91. The van der Waals surface area contributed by atoms with Crippen LogP contribution in [-0.4, -0.2) is 23.1 Å². The number of nitrogens with zero attached hydrogens (tertiary/aromatic N) is 2. The summed E-state index contributed by atoms with van der Waals surface area (Å²) in [7, 11) is 0. The first-order valence-electron chi connectivity index (χ1n) is 4.91. The van der Waals surface area contributed by atoms with E-state index in [0.717, 1.165) is 12.4 Å². The molecule has 1 aromatic heterocycles. The number of nitrogens with one attached hydrogen (secondary N) is 1. The predicted molar refractivity (Wildman–Crippen MR) is 56.5 cm³/mol. The molecule has 0 aliphatic rings. The molecule has 0 spiro atoms. The van der Waals surface area contributed by atoms with Gasteiger partial charge in [-0.1, -0.05) is 13.8 Å². The molecule has 78 valence electrons. The summed E-state index contributed by atoms with van der Waals surface area (Å²) in [5.74, 6) is 2.03. The van der Waals surface area contributed by atoms with Gasteiger partial charge < -0.3 is 10.1 Å². The zero-order valence-electron chi connectivity index (χ0n) is 8.95. The van der Waals surface area contributed by atoms with E-state index in [1.54, 1.807) is 0 Å². The summed E-state index contributed by atoms with van der Waals surface area (Å²) in [5, 5.41) is 3.21. The average molecular weight is 195 g/mol. The fraction of sp³-hybridized carbons (Fsp3) is 0.600. The molecule has 4 heteroatoms. The van der Waals surface area contributed by atoms with Crippen LogP contribution in [0.2, 0.25) is 0 Å². The minimum atomic E-state index is 0.598. The molecule has 0 fully saturated rings. The smallest absolute Gasteiger partial charge is 0.218 e. The van der Waals surface area contributed by atoms with Gasteiger partial charge in [0.25, 0.3) is 0 Å². The van der Waals surface area contributed by atoms with Gasteiger partial charge >= 0.3 is 0 Å². The Kier molecular flexibility index (Phi) is 4.16. The van der Waals surface area contributed by atoms with Crippen LogP contribution < -0.4 is 10.1 Å². The van der Waals surface area contributed by atoms with E-state index in [1.165, 1.54) is 6.33 Å². The Balaban J connectivity index is 2.54. The highest BCUT2D eigenvalue weighted by molar-refractivity contribution is 5.36. The lowest BCUT2D eigenvalue weighted by atomic mass is 10.2. The Morgan fingerprint density at radius 3 is 2.86 bits per heavy atom. The minimum absolute atomic E-state index is 0.598. The van der Waals surface area contributed by atoms with E-state index < -0.39 is 0 Å². The molecule has 0 atom stereocenters. The molecule has 0 aliphatic heterocycles. The Hall–Kier alpha value is -1.32. The summed E-state index contributed by atoms with van der Waals surface area (Å²) >= 11 is 0. The third-order valence-electron chi connectivity index (χ3n) is 1.63. The van der Waals surface area contributed by atoms with Crippen molar-refractivity contribution >= 4 is 5.82 Å². The first-order chi connectivity index (χ1) is 6.72.